The maximum atomic E-state index is 12.5. The van der Waals surface area contributed by atoms with Crippen molar-refractivity contribution in [3.63, 3.8) is 0 Å². The Morgan fingerprint density at radius 3 is 2.82 bits per heavy atom. The normalized spacial score (nSPS) is 14.6. The number of aromatic nitrogens is 3. The molecule has 8 heteroatoms. The SMILES string of the molecule is CCCc1nc(SCC(=O)NC(c2ccc3c(c2)OCCCO3)C(C)C)n[nH]1. The lowest BCUT2D eigenvalue weighted by molar-refractivity contribution is -0.119. The summed E-state index contributed by atoms with van der Waals surface area (Å²) in [6.07, 6.45) is 2.73. The summed E-state index contributed by atoms with van der Waals surface area (Å²) in [4.78, 5) is 16.9. The van der Waals surface area contributed by atoms with E-state index in [0.29, 0.717) is 18.4 Å². The topological polar surface area (TPSA) is 89.1 Å². The summed E-state index contributed by atoms with van der Waals surface area (Å²) >= 11 is 1.34. The average molecular weight is 405 g/mol. The van der Waals surface area contributed by atoms with E-state index < -0.39 is 0 Å². The highest BCUT2D eigenvalue weighted by atomic mass is 32.2. The minimum atomic E-state index is -0.104. The molecule has 1 aliphatic rings. The highest BCUT2D eigenvalue weighted by molar-refractivity contribution is 7.99. The zero-order valence-electron chi connectivity index (χ0n) is 16.7. The fourth-order valence-corrected chi connectivity index (χ4v) is 3.67. The predicted molar refractivity (Wildman–Crippen MR) is 109 cm³/mol. The van der Waals surface area contributed by atoms with E-state index in [-0.39, 0.29) is 23.6 Å². The number of fused-ring (bicyclic) bond motifs is 1. The van der Waals surface area contributed by atoms with Crippen LogP contribution in [-0.4, -0.2) is 40.1 Å². The van der Waals surface area contributed by atoms with Crippen LogP contribution in [0.2, 0.25) is 0 Å². The van der Waals surface area contributed by atoms with Gasteiger partial charge in [-0.25, -0.2) is 4.98 Å². The molecule has 1 aliphatic heterocycles. The van der Waals surface area contributed by atoms with Crippen LogP contribution in [0.4, 0.5) is 0 Å². The minimum Gasteiger partial charge on any atom is -0.490 e. The standard InChI is InChI=1S/C20H28N4O3S/c1-4-6-17-21-20(24-23-17)28-12-18(25)22-19(13(2)3)14-7-8-15-16(11-14)27-10-5-9-26-15/h7-8,11,13,19H,4-6,9-10,12H2,1-3H3,(H,22,25)(H,21,23,24). The van der Waals surface area contributed by atoms with Crippen LogP contribution in [0.1, 0.15) is 51.0 Å². The lowest BCUT2D eigenvalue weighted by atomic mass is 9.95. The van der Waals surface area contributed by atoms with E-state index >= 15 is 0 Å². The van der Waals surface area contributed by atoms with Crippen LogP contribution in [0.5, 0.6) is 11.5 Å². The predicted octanol–water partition coefficient (Wildman–Crippen LogP) is 3.52. The van der Waals surface area contributed by atoms with Gasteiger partial charge in [0.2, 0.25) is 11.1 Å². The maximum absolute atomic E-state index is 12.5. The third-order valence-corrected chi connectivity index (χ3v) is 5.29. The van der Waals surface area contributed by atoms with Gasteiger partial charge in [-0.15, -0.1) is 5.10 Å². The zero-order chi connectivity index (χ0) is 19.9. The maximum Gasteiger partial charge on any atom is 0.230 e. The molecule has 1 aromatic heterocycles. The second kappa shape index (κ2) is 9.82. The lowest BCUT2D eigenvalue weighted by Gasteiger charge is -2.23. The van der Waals surface area contributed by atoms with E-state index in [4.69, 9.17) is 9.47 Å². The minimum absolute atomic E-state index is 0.0438. The smallest absolute Gasteiger partial charge is 0.230 e. The highest BCUT2D eigenvalue weighted by Crippen LogP contribution is 2.34. The number of nitrogens with zero attached hydrogens (tertiary/aromatic N) is 2. The molecular weight excluding hydrogens is 376 g/mol. The van der Waals surface area contributed by atoms with Crippen LogP contribution in [0.3, 0.4) is 0 Å². The van der Waals surface area contributed by atoms with Gasteiger partial charge in [-0.05, 0) is 30.0 Å². The molecule has 1 atom stereocenters. The van der Waals surface area contributed by atoms with Crippen molar-refractivity contribution < 1.29 is 14.3 Å². The molecule has 28 heavy (non-hydrogen) atoms. The molecule has 0 bridgehead atoms. The molecule has 0 fully saturated rings. The van der Waals surface area contributed by atoms with Crippen LogP contribution in [-0.2, 0) is 11.2 Å². The Labute approximate surface area is 170 Å². The first-order valence-corrected chi connectivity index (χ1v) is 10.8. The van der Waals surface area contributed by atoms with Gasteiger partial charge in [-0.3, -0.25) is 9.89 Å². The number of H-pyrrole nitrogens is 1. The Morgan fingerprint density at radius 1 is 1.29 bits per heavy atom. The summed E-state index contributed by atoms with van der Waals surface area (Å²) in [6.45, 7) is 7.58. The van der Waals surface area contributed by atoms with Gasteiger partial charge in [0.05, 0.1) is 25.0 Å². The van der Waals surface area contributed by atoms with Gasteiger partial charge in [0, 0.05) is 12.8 Å². The molecule has 3 rings (SSSR count). The molecule has 152 valence electrons. The van der Waals surface area contributed by atoms with E-state index in [2.05, 4.69) is 41.3 Å². The van der Waals surface area contributed by atoms with Gasteiger partial charge in [0.15, 0.2) is 11.5 Å². The molecule has 1 unspecified atom stereocenters. The first kappa shape index (κ1) is 20.5. The van der Waals surface area contributed by atoms with Crippen molar-refractivity contribution in [1.82, 2.24) is 20.5 Å². The Kier molecular flexibility index (Phi) is 7.19. The largest absolute Gasteiger partial charge is 0.490 e. The summed E-state index contributed by atoms with van der Waals surface area (Å²) < 4.78 is 11.5. The third kappa shape index (κ3) is 5.41. The van der Waals surface area contributed by atoms with Gasteiger partial charge in [0.1, 0.15) is 5.82 Å². The Hall–Kier alpha value is -2.22. The van der Waals surface area contributed by atoms with E-state index in [1.54, 1.807) is 0 Å². The fraction of sp³-hybridized carbons (Fsp3) is 0.550. The zero-order valence-corrected chi connectivity index (χ0v) is 17.5. The third-order valence-electron chi connectivity index (χ3n) is 4.44. The second-order valence-corrected chi connectivity index (χ2v) is 8.09. The summed E-state index contributed by atoms with van der Waals surface area (Å²) in [5, 5.41) is 10.8. The molecule has 1 aromatic carbocycles. The van der Waals surface area contributed by atoms with E-state index in [9.17, 15) is 4.79 Å². The molecule has 0 radical (unpaired) electrons. The molecule has 0 aliphatic carbocycles. The molecule has 1 amide bonds. The molecule has 2 heterocycles. The number of rotatable bonds is 8. The Bertz CT molecular complexity index is 794. The summed E-state index contributed by atoms with van der Waals surface area (Å²) in [5.74, 6) is 2.83. The number of thioether (sulfide) groups is 1. The molecular formula is C20H28N4O3S. The van der Waals surface area contributed by atoms with E-state index in [0.717, 1.165) is 42.1 Å². The van der Waals surface area contributed by atoms with Crippen LogP contribution in [0.25, 0.3) is 0 Å². The fourth-order valence-electron chi connectivity index (χ4n) is 3.04. The van der Waals surface area contributed by atoms with Crippen molar-refractivity contribution in [2.45, 2.75) is 51.2 Å². The molecule has 0 saturated carbocycles. The molecule has 2 N–H and O–H groups in total. The van der Waals surface area contributed by atoms with E-state index in [1.165, 1.54) is 11.8 Å². The number of nitrogens with one attached hydrogen (secondary N) is 2. The number of benzene rings is 1. The molecule has 7 nitrogen and oxygen atoms in total. The van der Waals surface area contributed by atoms with Crippen LogP contribution < -0.4 is 14.8 Å². The Balaban J connectivity index is 1.62. The second-order valence-electron chi connectivity index (χ2n) is 7.15. The van der Waals surface area contributed by atoms with Crippen molar-refractivity contribution in [3.8, 4) is 11.5 Å². The molecule has 0 spiro atoms. The van der Waals surface area contributed by atoms with Gasteiger partial charge in [0.25, 0.3) is 0 Å². The van der Waals surface area contributed by atoms with Crippen molar-refractivity contribution in [1.29, 1.82) is 0 Å². The first-order valence-electron chi connectivity index (χ1n) is 9.79. The number of aromatic amines is 1. The van der Waals surface area contributed by atoms with Crippen molar-refractivity contribution in [2.24, 2.45) is 5.92 Å². The van der Waals surface area contributed by atoms with Gasteiger partial charge < -0.3 is 14.8 Å². The van der Waals surface area contributed by atoms with Crippen LogP contribution >= 0.6 is 11.8 Å². The van der Waals surface area contributed by atoms with Gasteiger partial charge in [-0.2, -0.15) is 0 Å². The average Bonchev–Trinajstić information content (AvgIpc) is 2.99. The number of amides is 1. The quantitative estimate of drug-likeness (QED) is 0.655. The highest BCUT2D eigenvalue weighted by Gasteiger charge is 2.21. The number of ether oxygens (including phenoxy) is 2. The van der Waals surface area contributed by atoms with Crippen molar-refractivity contribution in [3.05, 3.63) is 29.6 Å². The molecule has 0 saturated heterocycles. The monoisotopic (exact) mass is 404 g/mol. The molecule has 2 aromatic rings. The van der Waals surface area contributed by atoms with Crippen LogP contribution in [0.15, 0.2) is 23.4 Å². The number of carbonyl (C=O) groups excluding carboxylic acids is 1. The number of hydrogen-bond acceptors (Lipinski definition) is 6. The number of carbonyl (C=O) groups is 1. The van der Waals surface area contributed by atoms with Crippen molar-refractivity contribution >= 4 is 17.7 Å². The first-order chi connectivity index (χ1) is 13.6. The number of aryl methyl sites for hydroxylation is 1. The summed E-state index contributed by atoms with van der Waals surface area (Å²) in [7, 11) is 0. The van der Waals surface area contributed by atoms with Crippen molar-refractivity contribution in [2.75, 3.05) is 19.0 Å². The Morgan fingerprint density at radius 2 is 2.07 bits per heavy atom. The summed E-state index contributed by atoms with van der Waals surface area (Å²) in [6, 6.07) is 5.80. The number of hydrogen-bond donors (Lipinski definition) is 2. The summed E-state index contributed by atoms with van der Waals surface area (Å²) in [5.41, 5.74) is 1.01. The van der Waals surface area contributed by atoms with Gasteiger partial charge in [-0.1, -0.05) is 38.6 Å². The lowest BCUT2D eigenvalue weighted by Crippen LogP contribution is -2.33. The van der Waals surface area contributed by atoms with Gasteiger partial charge >= 0.3 is 0 Å². The van der Waals surface area contributed by atoms with E-state index in [1.807, 2.05) is 18.2 Å². The van der Waals surface area contributed by atoms with Crippen LogP contribution in [0, 0.1) is 5.92 Å².